The van der Waals surface area contributed by atoms with Crippen molar-refractivity contribution in [3.8, 4) is 0 Å². The molecule has 0 saturated heterocycles. The lowest BCUT2D eigenvalue weighted by atomic mass is 10.1. The Hall–Kier alpha value is -0.300. The minimum absolute atomic E-state index is 0.690. The summed E-state index contributed by atoms with van der Waals surface area (Å²) >= 11 is 1.83. The SMILES string of the molecule is CC.Cc1cc(C(C)C)cs1. The molecule has 0 atom stereocenters. The predicted octanol–water partition coefficient (Wildman–Crippen LogP) is 4.21. The highest BCUT2D eigenvalue weighted by molar-refractivity contribution is 7.10. The maximum absolute atomic E-state index is 2.26. The summed E-state index contributed by atoms with van der Waals surface area (Å²) in [4.78, 5) is 1.42. The first-order valence-electron chi connectivity index (χ1n) is 4.25. The van der Waals surface area contributed by atoms with Gasteiger partial charge in [-0.2, -0.15) is 0 Å². The zero-order chi connectivity index (χ0) is 8.85. The summed E-state index contributed by atoms with van der Waals surface area (Å²) in [7, 11) is 0. The fourth-order valence-corrected chi connectivity index (χ4v) is 1.63. The topological polar surface area (TPSA) is 0 Å². The van der Waals surface area contributed by atoms with Crippen molar-refractivity contribution in [2.75, 3.05) is 0 Å². The van der Waals surface area contributed by atoms with E-state index in [1.54, 1.807) is 0 Å². The van der Waals surface area contributed by atoms with Gasteiger partial charge in [0.2, 0.25) is 0 Å². The van der Waals surface area contributed by atoms with Crippen LogP contribution in [0.4, 0.5) is 0 Å². The molecular weight excluding hydrogens is 152 g/mol. The van der Waals surface area contributed by atoms with Gasteiger partial charge in [0.25, 0.3) is 0 Å². The second-order valence-corrected chi connectivity index (χ2v) is 3.76. The van der Waals surface area contributed by atoms with Gasteiger partial charge >= 0.3 is 0 Å². The molecule has 0 saturated carbocycles. The van der Waals surface area contributed by atoms with Gasteiger partial charge in [0, 0.05) is 4.88 Å². The van der Waals surface area contributed by atoms with Crippen LogP contribution in [0.3, 0.4) is 0 Å². The zero-order valence-corrected chi connectivity index (χ0v) is 8.96. The van der Waals surface area contributed by atoms with Crippen LogP contribution >= 0.6 is 11.3 Å². The smallest absolute Gasteiger partial charge is 0.00171 e. The van der Waals surface area contributed by atoms with Gasteiger partial charge in [-0.1, -0.05) is 27.7 Å². The van der Waals surface area contributed by atoms with Crippen molar-refractivity contribution in [2.45, 2.75) is 40.5 Å². The van der Waals surface area contributed by atoms with E-state index in [0.29, 0.717) is 5.92 Å². The molecule has 0 spiro atoms. The molecule has 0 aliphatic rings. The van der Waals surface area contributed by atoms with Gasteiger partial charge in [-0.25, -0.2) is 0 Å². The molecule has 0 bridgehead atoms. The summed E-state index contributed by atoms with van der Waals surface area (Å²) < 4.78 is 0. The maximum Gasteiger partial charge on any atom is 0.00171 e. The number of hydrogen-bond acceptors (Lipinski definition) is 1. The normalized spacial score (nSPS) is 9.27. The van der Waals surface area contributed by atoms with Gasteiger partial charge in [0.05, 0.1) is 0 Å². The summed E-state index contributed by atoms with van der Waals surface area (Å²) in [6, 6.07) is 2.26. The first kappa shape index (κ1) is 10.7. The number of rotatable bonds is 1. The molecule has 1 aromatic heterocycles. The van der Waals surface area contributed by atoms with E-state index in [0.717, 1.165) is 0 Å². The Morgan fingerprint density at radius 1 is 1.27 bits per heavy atom. The second kappa shape index (κ2) is 5.36. The summed E-state index contributed by atoms with van der Waals surface area (Å²) in [5, 5.41) is 2.24. The molecule has 0 N–H and O–H groups in total. The van der Waals surface area contributed by atoms with E-state index < -0.39 is 0 Å². The average Bonchev–Trinajstić information content (AvgIpc) is 2.40. The Morgan fingerprint density at radius 3 is 2.00 bits per heavy atom. The van der Waals surface area contributed by atoms with E-state index in [1.165, 1.54) is 10.4 Å². The van der Waals surface area contributed by atoms with Crippen molar-refractivity contribution >= 4 is 11.3 Å². The standard InChI is InChI=1S/C8H12S.C2H6/c1-6(2)8-4-7(3)9-5-8;1-2/h4-6H,1-3H3;1-2H3. The molecule has 64 valence electrons. The minimum atomic E-state index is 0.690. The molecule has 11 heavy (non-hydrogen) atoms. The van der Waals surface area contributed by atoms with E-state index in [1.807, 2.05) is 25.2 Å². The van der Waals surface area contributed by atoms with Crippen LogP contribution in [0.5, 0.6) is 0 Å². The number of thiophene rings is 1. The lowest BCUT2D eigenvalue weighted by molar-refractivity contribution is 0.871. The molecule has 0 aliphatic carbocycles. The van der Waals surface area contributed by atoms with Crippen molar-refractivity contribution in [1.29, 1.82) is 0 Å². The van der Waals surface area contributed by atoms with Gasteiger partial charge in [0.1, 0.15) is 0 Å². The Balaban J connectivity index is 0.000000461. The van der Waals surface area contributed by atoms with Crippen LogP contribution in [0.1, 0.15) is 44.1 Å². The highest BCUT2D eigenvalue weighted by Crippen LogP contribution is 2.20. The van der Waals surface area contributed by atoms with Gasteiger partial charge in [-0.3, -0.25) is 0 Å². The third-order valence-corrected chi connectivity index (χ3v) is 2.30. The van der Waals surface area contributed by atoms with Crippen LogP contribution < -0.4 is 0 Å². The third-order valence-electron chi connectivity index (χ3n) is 1.42. The van der Waals surface area contributed by atoms with Crippen LogP contribution in [0.25, 0.3) is 0 Å². The fourth-order valence-electron chi connectivity index (χ4n) is 0.766. The monoisotopic (exact) mass is 170 g/mol. The van der Waals surface area contributed by atoms with Gasteiger partial charge in [0.15, 0.2) is 0 Å². The number of aryl methyl sites for hydroxylation is 1. The van der Waals surface area contributed by atoms with Crippen molar-refractivity contribution in [3.63, 3.8) is 0 Å². The molecule has 1 rings (SSSR count). The fraction of sp³-hybridized carbons (Fsp3) is 0.600. The highest BCUT2D eigenvalue weighted by Gasteiger charge is 1.98. The second-order valence-electron chi connectivity index (χ2n) is 2.65. The van der Waals surface area contributed by atoms with Crippen LogP contribution in [-0.2, 0) is 0 Å². The van der Waals surface area contributed by atoms with Crippen LogP contribution in [-0.4, -0.2) is 0 Å². The van der Waals surface area contributed by atoms with E-state index in [-0.39, 0.29) is 0 Å². The molecule has 0 radical (unpaired) electrons. The third kappa shape index (κ3) is 3.57. The van der Waals surface area contributed by atoms with E-state index in [4.69, 9.17) is 0 Å². The van der Waals surface area contributed by atoms with Crippen molar-refractivity contribution < 1.29 is 0 Å². The van der Waals surface area contributed by atoms with Crippen LogP contribution in [0.15, 0.2) is 11.4 Å². The Kier molecular flexibility index (Phi) is 5.22. The predicted molar refractivity (Wildman–Crippen MR) is 54.5 cm³/mol. The first-order chi connectivity index (χ1) is 5.20. The Bertz CT molecular complexity index is 187. The zero-order valence-electron chi connectivity index (χ0n) is 8.14. The summed E-state index contributed by atoms with van der Waals surface area (Å²) in [6.07, 6.45) is 0. The van der Waals surface area contributed by atoms with Crippen LogP contribution in [0.2, 0.25) is 0 Å². The minimum Gasteiger partial charge on any atom is -0.149 e. The Morgan fingerprint density at radius 2 is 1.82 bits per heavy atom. The molecule has 1 aromatic rings. The molecular formula is C10H18S. The van der Waals surface area contributed by atoms with Gasteiger partial charge < -0.3 is 0 Å². The van der Waals surface area contributed by atoms with Crippen molar-refractivity contribution in [1.82, 2.24) is 0 Å². The van der Waals surface area contributed by atoms with Gasteiger partial charge in [-0.05, 0) is 29.9 Å². The summed E-state index contributed by atoms with van der Waals surface area (Å²) in [5.41, 5.74) is 1.47. The molecule has 0 nitrogen and oxygen atoms in total. The lowest BCUT2D eigenvalue weighted by Gasteiger charge is -1.96. The average molecular weight is 170 g/mol. The molecule has 1 heteroatoms. The summed E-state index contributed by atoms with van der Waals surface area (Å²) in [5.74, 6) is 0.690. The number of hydrogen-bond donors (Lipinski definition) is 0. The molecule has 0 fully saturated rings. The van der Waals surface area contributed by atoms with E-state index in [2.05, 4.69) is 32.2 Å². The Labute approximate surface area is 74.3 Å². The van der Waals surface area contributed by atoms with E-state index in [9.17, 15) is 0 Å². The van der Waals surface area contributed by atoms with E-state index >= 15 is 0 Å². The molecule has 0 unspecified atom stereocenters. The van der Waals surface area contributed by atoms with Crippen LogP contribution in [0, 0.1) is 6.92 Å². The van der Waals surface area contributed by atoms with Crippen molar-refractivity contribution in [2.24, 2.45) is 0 Å². The first-order valence-corrected chi connectivity index (χ1v) is 5.13. The maximum atomic E-state index is 2.26. The largest absolute Gasteiger partial charge is 0.149 e. The highest BCUT2D eigenvalue weighted by atomic mass is 32.1. The quantitative estimate of drug-likeness (QED) is 0.592. The molecule has 0 aliphatic heterocycles. The van der Waals surface area contributed by atoms with Crippen molar-refractivity contribution in [3.05, 3.63) is 21.9 Å². The summed E-state index contributed by atoms with van der Waals surface area (Å²) in [6.45, 7) is 10.6. The molecule has 0 amide bonds. The molecule has 0 aromatic carbocycles. The molecule has 1 heterocycles. The van der Waals surface area contributed by atoms with Gasteiger partial charge in [-0.15, -0.1) is 11.3 Å². The lowest BCUT2D eigenvalue weighted by Crippen LogP contribution is -1.79.